The number of fused-ring (bicyclic) bond motifs is 3. The first kappa shape index (κ1) is 19.1. The Balaban J connectivity index is 2.05. The van der Waals surface area contributed by atoms with Crippen LogP contribution >= 0.6 is 0 Å². The van der Waals surface area contributed by atoms with E-state index in [-0.39, 0.29) is 18.0 Å². The summed E-state index contributed by atoms with van der Waals surface area (Å²) in [5, 5.41) is 1.45. The van der Waals surface area contributed by atoms with Crippen LogP contribution in [0.1, 0.15) is 41.3 Å². The molecule has 0 atom stereocenters. The van der Waals surface area contributed by atoms with Gasteiger partial charge < -0.3 is 10.3 Å². The van der Waals surface area contributed by atoms with Crippen molar-refractivity contribution in [3.63, 3.8) is 0 Å². The normalized spacial score (nSPS) is 11.7. The lowest BCUT2D eigenvalue weighted by Crippen LogP contribution is -2.11. The maximum Gasteiger partial charge on any atom is 0.249 e. The number of rotatable bonds is 4. The van der Waals surface area contributed by atoms with Crippen LogP contribution in [0.25, 0.3) is 21.8 Å². The van der Waals surface area contributed by atoms with Crippen molar-refractivity contribution in [3.8, 4) is 0 Å². The van der Waals surface area contributed by atoms with E-state index in [0.717, 1.165) is 22.5 Å². The molecule has 0 saturated carbocycles. The lowest BCUT2D eigenvalue weighted by molar-refractivity contribution is 0.100. The summed E-state index contributed by atoms with van der Waals surface area (Å²) in [6, 6.07) is 12.4. The first-order valence-electron chi connectivity index (χ1n) is 9.26. The Kier molecular flexibility index (Phi) is 4.57. The van der Waals surface area contributed by atoms with Gasteiger partial charge in [0.25, 0.3) is 0 Å². The SMILES string of the molecule is CC(C)c1ccc2c3c(C(N)=O)cccc3n(Cc3cc(F)c(F)cc3F)c2c1. The number of carbonyl (C=O) groups is 1. The van der Waals surface area contributed by atoms with Crippen LogP contribution in [-0.4, -0.2) is 10.5 Å². The van der Waals surface area contributed by atoms with Gasteiger partial charge in [0.15, 0.2) is 11.6 Å². The van der Waals surface area contributed by atoms with Crippen molar-refractivity contribution in [3.05, 3.63) is 82.7 Å². The zero-order valence-corrected chi connectivity index (χ0v) is 16.0. The van der Waals surface area contributed by atoms with Gasteiger partial charge in [-0.3, -0.25) is 4.79 Å². The van der Waals surface area contributed by atoms with Crippen LogP contribution in [0.15, 0.2) is 48.5 Å². The summed E-state index contributed by atoms with van der Waals surface area (Å²) in [5.41, 5.74) is 8.44. The highest BCUT2D eigenvalue weighted by atomic mass is 19.2. The summed E-state index contributed by atoms with van der Waals surface area (Å²) >= 11 is 0. The predicted octanol–water partition coefficient (Wildman–Crippen LogP) is 5.48. The average molecular weight is 396 g/mol. The Bertz CT molecular complexity index is 1270. The summed E-state index contributed by atoms with van der Waals surface area (Å²) in [4.78, 5) is 12.0. The second-order valence-electron chi connectivity index (χ2n) is 7.44. The Morgan fingerprint density at radius 2 is 1.69 bits per heavy atom. The van der Waals surface area contributed by atoms with E-state index in [9.17, 15) is 18.0 Å². The van der Waals surface area contributed by atoms with Gasteiger partial charge in [0.1, 0.15) is 5.82 Å². The van der Waals surface area contributed by atoms with E-state index in [1.807, 2.05) is 18.2 Å². The highest BCUT2D eigenvalue weighted by Crippen LogP contribution is 2.34. The molecule has 0 aliphatic rings. The maximum atomic E-state index is 14.3. The number of benzene rings is 3. The van der Waals surface area contributed by atoms with Crippen molar-refractivity contribution in [1.82, 2.24) is 4.57 Å². The van der Waals surface area contributed by atoms with Crippen LogP contribution in [-0.2, 0) is 6.54 Å². The monoisotopic (exact) mass is 396 g/mol. The van der Waals surface area contributed by atoms with E-state index in [1.165, 1.54) is 0 Å². The fourth-order valence-electron chi connectivity index (χ4n) is 3.75. The highest BCUT2D eigenvalue weighted by molar-refractivity contribution is 6.18. The third kappa shape index (κ3) is 3.14. The molecule has 4 aromatic rings. The van der Waals surface area contributed by atoms with Gasteiger partial charge >= 0.3 is 0 Å². The Hall–Kier alpha value is -3.28. The molecular weight excluding hydrogens is 377 g/mol. The van der Waals surface area contributed by atoms with Gasteiger partial charge in [-0.05, 0) is 35.7 Å². The minimum Gasteiger partial charge on any atom is -0.366 e. The largest absolute Gasteiger partial charge is 0.366 e. The maximum absolute atomic E-state index is 14.3. The van der Waals surface area contributed by atoms with Crippen molar-refractivity contribution in [2.75, 3.05) is 0 Å². The molecule has 1 heterocycles. The number of nitrogens with zero attached hydrogens (tertiary/aromatic N) is 1. The zero-order chi connectivity index (χ0) is 20.9. The second kappa shape index (κ2) is 6.95. The number of hydrogen-bond acceptors (Lipinski definition) is 1. The van der Waals surface area contributed by atoms with E-state index >= 15 is 0 Å². The smallest absolute Gasteiger partial charge is 0.249 e. The molecule has 0 radical (unpaired) electrons. The van der Waals surface area contributed by atoms with Crippen LogP contribution in [0.4, 0.5) is 13.2 Å². The van der Waals surface area contributed by atoms with Crippen molar-refractivity contribution in [2.45, 2.75) is 26.3 Å². The molecule has 0 spiro atoms. The summed E-state index contributed by atoms with van der Waals surface area (Å²) < 4.78 is 43.2. The van der Waals surface area contributed by atoms with Crippen LogP contribution in [0.2, 0.25) is 0 Å². The van der Waals surface area contributed by atoms with E-state index in [1.54, 1.807) is 22.8 Å². The van der Waals surface area contributed by atoms with Gasteiger partial charge in [-0.2, -0.15) is 0 Å². The molecule has 6 heteroatoms. The second-order valence-corrected chi connectivity index (χ2v) is 7.44. The van der Waals surface area contributed by atoms with Crippen LogP contribution in [0, 0.1) is 17.5 Å². The zero-order valence-electron chi connectivity index (χ0n) is 16.0. The average Bonchev–Trinajstić information content (AvgIpc) is 2.99. The number of amides is 1. The Morgan fingerprint density at radius 3 is 2.38 bits per heavy atom. The molecular formula is C23H19F3N2O. The third-order valence-corrected chi connectivity index (χ3v) is 5.27. The number of nitrogens with two attached hydrogens (primary N) is 1. The predicted molar refractivity (Wildman–Crippen MR) is 107 cm³/mol. The van der Waals surface area contributed by atoms with Crippen molar-refractivity contribution >= 4 is 27.7 Å². The molecule has 1 amide bonds. The number of hydrogen-bond donors (Lipinski definition) is 1. The van der Waals surface area contributed by atoms with E-state index in [2.05, 4.69) is 13.8 Å². The van der Waals surface area contributed by atoms with E-state index in [0.29, 0.717) is 22.5 Å². The topological polar surface area (TPSA) is 48.0 Å². The lowest BCUT2D eigenvalue weighted by atomic mass is 10.00. The molecule has 0 bridgehead atoms. The van der Waals surface area contributed by atoms with Crippen molar-refractivity contribution < 1.29 is 18.0 Å². The minimum absolute atomic E-state index is 0.0159. The molecule has 29 heavy (non-hydrogen) atoms. The molecule has 148 valence electrons. The molecule has 0 unspecified atom stereocenters. The summed E-state index contributed by atoms with van der Waals surface area (Å²) in [6.07, 6.45) is 0. The fraction of sp³-hybridized carbons (Fsp3) is 0.174. The van der Waals surface area contributed by atoms with Gasteiger partial charge in [0, 0.05) is 33.5 Å². The van der Waals surface area contributed by atoms with Gasteiger partial charge in [-0.1, -0.05) is 32.0 Å². The Morgan fingerprint density at radius 1 is 0.966 bits per heavy atom. The number of aromatic nitrogens is 1. The molecule has 0 aliphatic heterocycles. The molecule has 2 N–H and O–H groups in total. The van der Waals surface area contributed by atoms with E-state index < -0.39 is 23.4 Å². The molecule has 3 aromatic carbocycles. The van der Waals surface area contributed by atoms with Crippen LogP contribution in [0.5, 0.6) is 0 Å². The Labute approximate surface area is 165 Å². The number of carbonyl (C=O) groups excluding carboxylic acids is 1. The van der Waals surface area contributed by atoms with Crippen molar-refractivity contribution in [2.24, 2.45) is 5.73 Å². The molecule has 0 saturated heterocycles. The molecule has 0 fully saturated rings. The van der Waals surface area contributed by atoms with Gasteiger partial charge in [0.2, 0.25) is 5.91 Å². The fourth-order valence-corrected chi connectivity index (χ4v) is 3.75. The lowest BCUT2D eigenvalue weighted by Gasteiger charge is -2.11. The van der Waals surface area contributed by atoms with Gasteiger partial charge in [-0.25, -0.2) is 13.2 Å². The summed E-state index contributed by atoms with van der Waals surface area (Å²) in [6.45, 7) is 4.09. The first-order valence-corrected chi connectivity index (χ1v) is 9.26. The quantitative estimate of drug-likeness (QED) is 0.456. The first-order chi connectivity index (χ1) is 13.8. The van der Waals surface area contributed by atoms with Crippen molar-refractivity contribution in [1.29, 1.82) is 0 Å². The van der Waals surface area contributed by atoms with E-state index in [4.69, 9.17) is 5.73 Å². The molecule has 1 aromatic heterocycles. The number of primary amides is 1. The third-order valence-electron chi connectivity index (χ3n) is 5.27. The van der Waals surface area contributed by atoms with Crippen LogP contribution < -0.4 is 5.73 Å². The highest BCUT2D eigenvalue weighted by Gasteiger charge is 2.19. The minimum atomic E-state index is -1.23. The van der Waals surface area contributed by atoms with Crippen LogP contribution in [0.3, 0.4) is 0 Å². The summed E-state index contributed by atoms with van der Waals surface area (Å²) in [5.74, 6) is -3.48. The summed E-state index contributed by atoms with van der Waals surface area (Å²) in [7, 11) is 0. The molecule has 3 nitrogen and oxygen atoms in total. The standard InChI is InChI=1S/C23H19F3N2O/c1-12(2)13-6-7-15-21(9-13)28(11-14-8-18(25)19(26)10-17(14)24)20-5-3-4-16(22(15)20)23(27)29/h3-10,12H,11H2,1-2H3,(H2,27,29). The molecule has 0 aliphatic carbocycles. The van der Waals surface area contributed by atoms with Gasteiger partial charge in [0.05, 0.1) is 12.1 Å². The van der Waals surface area contributed by atoms with Gasteiger partial charge in [-0.15, -0.1) is 0 Å². The number of halogens is 3. The molecule has 4 rings (SSSR count).